The summed E-state index contributed by atoms with van der Waals surface area (Å²) in [6.07, 6.45) is 1.85. The number of halogens is 1. The number of hydrogen-bond donors (Lipinski definition) is 2. The monoisotopic (exact) mass is 225 g/mol. The molecule has 0 fully saturated rings. The maximum absolute atomic E-state index is 14.7. The van der Waals surface area contributed by atoms with Gasteiger partial charge in [-0.2, -0.15) is 0 Å². The Labute approximate surface area is 96.1 Å². The summed E-state index contributed by atoms with van der Waals surface area (Å²) in [5.74, 6) is 0.408. The number of nitrogens with two attached hydrogens (primary N) is 2. The van der Waals surface area contributed by atoms with Crippen LogP contribution in [-0.4, -0.2) is 17.2 Å². The third-order valence-corrected chi connectivity index (χ3v) is 3.00. The van der Waals surface area contributed by atoms with Crippen LogP contribution >= 0.6 is 0 Å². The molecule has 0 radical (unpaired) electrons. The molecule has 0 amide bonds. The SMILES string of the molecule is CC(C)(C)C(F)(CN)Cc1ccnc(N)c1. The van der Waals surface area contributed by atoms with Crippen molar-refractivity contribution in [3.8, 4) is 0 Å². The smallest absolute Gasteiger partial charge is 0.132 e. The topological polar surface area (TPSA) is 64.9 Å². The number of aromatic nitrogens is 1. The Hall–Kier alpha value is -1.16. The van der Waals surface area contributed by atoms with Gasteiger partial charge in [-0.3, -0.25) is 0 Å². The largest absolute Gasteiger partial charge is 0.384 e. The summed E-state index contributed by atoms with van der Waals surface area (Å²) in [7, 11) is 0. The molecule has 0 bridgehead atoms. The minimum absolute atomic E-state index is 0.00126. The highest BCUT2D eigenvalue weighted by Crippen LogP contribution is 2.36. The average Bonchev–Trinajstić information content (AvgIpc) is 2.15. The second-order valence-corrected chi connectivity index (χ2v) is 5.19. The fraction of sp³-hybridized carbons (Fsp3) is 0.583. The van der Waals surface area contributed by atoms with Crippen molar-refractivity contribution >= 4 is 5.82 Å². The Morgan fingerprint density at radius 1 is 1.38 bits per heavy atom. The number of nitrogens with zero attached hydrogens (tertiary/aromatic N) is 1. The lowest BCUT2D eigenvalue weighted by Crippen LogP contribution is -2.47. The van der Waals surface area contributed by atoms with Crippen LogP contribution in [0.15, 0.2) is 18.3 Å². The standard InChI is InChI=1S/C12H20FN3/c1-11(2,3)12(13,8-14)7-9-4-5-16-10(15)6-9/h4-6H,7-8,14H2,1-3H3,(H2,15,16). The summed E-state index contributed by atoms with van der Waals surface area (Å²) < 4.78 is 14.7. The van der Waals surface area contributed by atoms with Crippen LogP contribution in [0.25, 0.3) is 0 Å². The molecule has 4 N–H and O–H groups in total. The van der Waals surface area contributed by atoms with Crippen molar-refractivity contribution in [2.45, 2.75) is 32.9 Å². The maximum atomic E-state index is 14.7. The summed E-state index contributed by atoms with van der Waals surface area (Å²) in [6.45, 7) is 5.55. The van der Waals surface area contributed by atoms with Crippen molar-refractivity contribution < 1.29 is 4.39 Å². The predicted octanol–water partition coefficient (Wildman–Crippen LogP) is 1.92. The highest BCUT2D eigenvalue weighted by molar-refractivity contribution is 5.32. The van der Waals surface area contributed by atoms with E-state index < -0.39 is 11.1 Å². The highest BCUT2D eigenvalue weighted by atomic mass is 19.1. The van der Waals surface area contributed by atoms with E-state index in [0.717, 1.165) is 5.56 Å². The first-order valence-corrected chi connectivity index (χ1v) is 5.38. The van der Waals surface area contributed by atoms with Crippen molar-refractivity contribution in [1.82, 2.24) is 4.98 Å². The average molecular weight is 225 g/mol. The predicted molar refractivity (Wildman–Crippen MR) is 64.7 cm³/mol. The van der Waals surface area contributed by atoms with Gasteiger partial charge < -0.3 is 11.5 Å². The van der Waals surface area contributed by atoms with Crippen LogP contribution in [0.1, 0.15) is 26.3 Å². The highest BCUT2D eigenvalue weighted by Gasteiger charge is 2.41. The normalized spacial score (nSPS) is 15.8. The molecule has 0 spiro atoms. The zero-order valence-electron chi connectivity index (χ0n) is 10.1. The van der Waals surface area contributed by atoms with E-state index in [9.17, 15) is 4.39 Å². The second kappa shape index (κ2) is 4.37. The van der Waals surface area contributed by atoms with Crippen molar-refractivity contribution in [3.05, 3.63) is 23.9 Å². The third kappa shape index (κ3) is 2.70. The van der Waals surface area contributed by atoms with Gasteiger partial charge in [0.25, 0.3) is 0 Å². The molecule has 3 nitrogen and oxygen atoms in total. The van der Waals surface area contributed by atoms with Gasteiger partial charge in [-0.05, 0) is 23.1 Å². The summed E-state index contributed by atoms with van der Waals surface area (Å²) in [4.78, 5) is 3.88. The van der Waals surface area contributed by atoms with E-state index in [0.29, 0.717) is 5.82 Å². The van der Waals surface area contributed by atoms with Crippen LogP contribution in [-0.2, 0) is 6.42 Å². The number of hydrogen-bond acceptors (Lipinski definition) is 3. The first-order valence-electron chi connectivity index (χ1n) is 5.38. The van der Waals surface area contributed by atoms with Gasteiger partial charge in [-0.25, -0.2) is 9.37 Å². The molecular weight excluding hydrogens is 205 g/mol. The van der Waals surface area contributed by atoms with Gasteiger partial charge >= 0.3 is 0 Å². The van der Waals surface area contributed by atoms with Gasteiger partial charge in [0.05, 0.1) is 0 Å². The van der Waals surface area contributed by atoms with Crippen LogP contribution in [0.4, 0.5) is 10.2 Å². The molecule has 0 aliphatic rings. The molecule has 1 aromatic rings. The summed E-state index contributed by atoms with van der Waals surface area (Å²) in [5.41, 5.74) is 10.0. The Balaban J connectivity index is 2.94. The van der Waals surface area contributed by atoms with Crippen LogP contribution in [0.3, 0.4) is 0 Å². The van der Waals surface area contributed by atoms with Crippen molar-refractivity contribution in [3.63, 3.8) is 0 Å². The molecule has 1 heterocycles. The molecule has 0 aromatic carbocycles. The van der Waals surface area contributed by atoms with Crippen molar-refractivity contribution in [2.24, 2.45) is 11.1 Å². The minimum Gasteiger partial charge on any atom is -0.384 e. The lowest BCUT2D eigenvalue weighted by molar-refractivity contribution is 0.0382. The second-order valence-electron chi connectivity index (χ2n) is 5.19. The van der Waals surface area contributed by atoms with Crippen molar-refractivity contribution in [2.75, 3.05) is 12.3 Å². The van der Waals surface area contributed by atoms with Crippen molar-refractivity contribution in [1.29, 1.82) is 0 Å². The molecule has 16 heavy (non-hydrogen) atoms. The Morgan fingerprint density at radius 3 is 2.44 bits per heavy atom. The van der Waals surface area contributed by atoms with Crippen LogP contribution in [0, 0.1) is 5.41 Å². The first-order chi connectivity index (χ1) is 7.28. The molecular formula is C12H20FN3. The van der Waals surface area contributed by atoms with E-state index in [1.54, 1.807) is 18.3 Å². The molecule has 1 atom stereocenters. The Morgan fingerprint density at radius 2 is 2.00 bits per heavy atom. The summed E-state index contributed by atoms with van der Waals surface area (Å²) in [6, 6.07) is 3.46. The summed E-state index contributed by atoms with van der Waals surface area (Å²) in [5, 5.41) is 0. The van der Waals surface area contributed by atoms with Crippen LogP contribution in [0.2, 0.25) is 0 Å². The number of alkyl halides is 1. The molecule has 0 saturated heterocycles. The van der Waals surface area contributed by atoms with Gasteiger partial charge in [0.1, 0.15) is 11.5 Å². The van der Waals surface area contributed by atoms with E-state index in [1.165, 1.54) is 0 Å². The third-order valence-electron chi connectivity index (χ3n) is 3.00. The zero-order chi connectivity index (χ0) is 12.4. The fourth-order valence-electron chi connectivity index (χ4n) is 1.57. The summed E-state index contributed by atoms with van der Waals surface area (Å²) >= 11 is 0. The zero-order valence-corrected chi connectivity index (χ0v) is 10.1. The number of nitrogen functional groups attached to an aromatic ring is 1. The number of rotatable bonds is 3. The molecule has 4 heteroatoms. The first kappa shape index (κ1) is 12.9. The van der Waals surface area contributed by atoms with Crippen LogP contribution in [0.5, 0.6) is 0 Å². The van der Waals surface area contributed by atoms with E-state index in [4.69, 9.17) is 11.5 Å². The number of pyridine rings is 1. The Kier molecular flexibility index (Phi) is 3.53. The van der Waals surface area contributed by atoms with Gasteiger partial charge in [0.15, 0.2) is 0 Å². The lowest BCUT2D eigenvalue weighted by atomic mass is 9.74. The lowest BCUT2D eigenvalue weighted by Gasteiger charge is -2.37. The van der Waals surface area contributed by atoms with E-state index in [2.05, 4.69) is 4.98 Å². The van der Waals surface area contributed by atoms with E-state index in [1.807, 2.05) is 20.8 Å². The molecule has 1 aromatic heterocycles. The van der Waals surface area contributed by atoms with Crippen LogP contribution < -0.4 is 11.5 Å². The maximum Gasteiger partial charge on any atom is 0.132 e. The Bertz CT molecular complexity index is 360. The minimum atomic E-state index is -1.43. The molecule has 1 rings (SSSR count). The van der Waals surface area contributed by atoms with Gasteiger partial charge in [0, 0.05) is 19.2 Å². The molecule has 1 unspecified atom stereocenters. The van der Waals surface area contributed by atoms with E-state index >= 15 is 0 Å². The molecule has 0 aliphatic heterocycles. The van der Waals surface area contributed by atoms with Gasteiger partial charge in [-0.15, -0.1) is 0 Å². The van der Waals surface area contributed by atoms with Gasteiger partial charge in [0.2, 0.25) is 0 Å². The number of anilines is 1. The molecule has 0 aliphatic carbocycles. The van der Waals surface area contributed by atoms with Gasteiger partial charge in [-0.1, -0.05) is 20.8 Å². The molecule has 90 valence electrons. The fourth-order valence-corrected chi connectivity index (χ4v) is 1.57. The molecule has 0 saturated carbocycles. The van der Waals surface area contributed by atoms with E-state index in [-0.39, 0.29) is 13.0 Å². The quantitative estimate of drug-likeness (QED) is 0.826.